The first kappa shape index (κ1) is 17.3. The molecule has 2 atom stereocenters. The zero-order valence-corrected chi connectivity index (χ0v) is 15.1. The van der Waals surface area contributed by atoms with Gasteiger partial charge in [-0.25, -0.2) is 0 Å². The SMILES string of the molecule is CCC[C@@H]1NC(=O)[C@H]2CN(Cc3cccc(SC)c3)CCN2C1=O. The molecule has 130 valence electrons. The van der Waals surface area contributed by atoms with Crippen molar-refractivity contribution in [2.45, 2.75) is 43.3 Å². The number of nitrogens with zero attached hydrogens (tertiary/aromatic N) is 2. The Kier molecular flexibility index (Phi) is 5.46. The van der Waals surface area contributed by atoms with E-state index >= 15 is 0 Å². The number of carbonyl (C=O) groups is 2. The number of fused-ring (bicyclic) bond motifs is 1. The minimum absolute atomic E-state index is 0.00406. The van der Waals surface area contributed by atoms with E-state index < -0.39 is 0 Å². The molecular formula is C18H25N3O2S. The number of nitrogens with one attached hydrogen (secondary N) is 1. The van der Waals surface area contributed by atoms with Crippen LogP contribution in [-0.2, 0) is 16.1 Å². The molecule has 3 rings (SSSR count). The predicted octanol–water partition coefficient (Wildman–Crippen LogP) is 1.72. The lowest BCUT2D eigenvalue weighted by Crippen LogP contribution is -2.69. The Labute approximate surface area is 147 Å². The molecule has 1 aromatic rings. The summed E-state index contributed by atoms with van der Waals surface area (Å²) in [6.07, 6.45) is 3.69. The molecule has 6 heteroatoms. The van der Waals surface area contributed by atoms with Gasteiger partial charge in [-0.1, -0.05) is 25.5 Å². The number of rotatable bonds is 5. The van der Waals surface area contributed by atoms with Crippen molar-refractivity contribution in [2.24, 2.45) is 0 Å². The van der Waals surface area contributed by atoms with Gasteiger partial charge in [0.05, 0.1) is 0 Å². The van der Waals surface area contributed by atoms with Gasteiger partial charge in [-0.05, 0) is 30.4 Å². The summed E-state index contributed by atoms with van der Waals surface area (Å²) in [7, 11) is 0. The quantitative estimate of drug-likeness (QED) is 0.824. The van der Waals surface area contributed by atoms with Gasteiger partial charge in [-0.15, -0.1) is 11.8 Å². The van der Waals surface area contributed by atoms with Crippen molar-refractivity contribution in [1.29, 1.82) is 0 Å². The van der Waals surface area contributed by atoms with Crippen LogP contribution in [0.25, 0.3) is 0 Å². The molecule has 24 heavy (non-hydrogen) atoms. The number of thioether (sulfide) groups is 1. The van der Waals surface area contributed by atoms with E-state index in [-0.39, 0.29) is 23.9 Å². The Morgan fingerprint density at radius 3 is 2.88 bits per heavy atom. The molecule has 0 saturated carbocycles. The number of hydrogen-bond donors (Lipinski definition) is 1. The lowest BCUT2D eigenvalue weighted by molar-refractivity contribution is -0.153. The lowest BCUT2D eigenvalue weighted by Gasteiger charge is -2.45. The maximum atomic E-state index is 12.5. The second kappa shape index (κ2) is 7.57. The van der Waals surface area contributed by atoms with Crippen molar-refractivity contribution >= 4 is 23.6 Å². The van der Waals surface area contributed by atoms with Gasteiger partial charge >= 0.3 is 0 Å². The predicted molar refractivity (Wildman–Crippen MR) is 95.8 cm³/mol. The average Bonchev–Trinajstić information content (AvgIpc) is 2.60. The van der Waals surface area contributed by atoms with Crippen molar-refractivity contribution in [3.8, 4) is 0 Å². The van der Waals surface area contributed by atoms with Gasteiger partial charge < -0.3 is 10.2 Å². The summed E-state index contributed by atoms with van der Waals surface area (Å²) in [6.45, 7) is 4.92. The van der Waals surface area contributed by atoms with Gasteiger partial charge in [-0.3, -0.25) is 14.5 Å². The highest BCUT2D eigenvalue weighted by Gasteiger charge is 2.42. The van der Waals surface area contributed by atoms with Crippen molar-refractivity contribution in [2.75, 3.05) is 25.9 Å². The molecular weight excluding hydrogens is 322 g/mol. The van der Waals surface area contributed by atoms with Crippen LogP contribution < -0.4 is 5.32 Å². The van der Waals surface area contributed by atoms with Crippen LogP contribution in [0, 0.1) is 0 Å². The van der Waals surface area contributed by atoms with E-state index in [4.69, 9.17) is 0 Å². The molecule has 0 radical (unpaired) electrons. The number of amides is 2. The second-order valence-corrected chi connectivity index (χ2v) is 7.36. The molecule has 2 aliphatic heterocycles. The van der Waals surface area contributed by atoms with Crippen LogP contribution in [-0.4, -0.2) is 59.6 Å². The highest BCUT2D eigenvalue weighted by atomic mass is 32.2. The Morgan fingerprint density at radius 2 is 2.12 bits per heavy atom. The van der Waals surface area contributed by atoms with Crippen LogP contribution in [0.5, 0.6) is 0 Å². The van der Waals surface area contributed by atoms with Gasteiger partial charge in [0, 0.05) is 31.1 Å². The van der Waals surface area contributed by atoms with Crippen LogP contribution in [0.3, 0.4) is 0 Å². The summed E-state index contributed by atoms with van der Waals surface area (Å²) in [4.78, 5) is 30.3. The molecule has 2 aliphatic rings. The molecule has 2 saturated heterocycles. The first-order valence-electron chi connectivity index (χ1n) is 8.58. The lowest BCUT2D eigenvalue weighted by atomic mass is 10.0. The molecule has 1 N–H and O–H groups in total. The molecule has 0 aromatic heterocycles. The summed E-state index contributed by atoms with van der Waals surface area (Å²) >= 11 is 1.73. The third-order valence-electron chi connectivity index (χ3n) is 4.78. The fourth-order valence-corrected chi connectivity index (χ4v) is 4.00. The summed E-state index contributed by atoms with van der Waals surface area (Å²) < 4.78 is 0. The van der Waals surface area contributed by atoms with Gasteiger partial charge in [0.15, 0.2) is 0 Å². The Morgan fingerprint density at radius 1 is 1.29 bits per heavy atom. The van der Waals surface area contributed by atoms with E-state index in [0.29, 0.717) is 13.1 Å². The fourth-order valence-electron chi connectivity index (χ4n) is 3.51. The largest absolute Gasteiger partial charge is 0.342 e. The average molecular weight is 347 g/mol. The summed E-state index contributed by atoms with van der Waals surface area (Å²) in [5.41, 5.74) is 1.25. The van der Waals surface area contributed by atoms with Crippen LogP contribution in [0.4, 0.5) is 0 Å². The van der Waals surface area contributed by atoms with Crippen LogP contribution in [0.2, 0.25) is 0 Å². The van der Waals surface area contributed by atoms with Crippen LogP contribution in [0.15, 0.2) is 29.2 Å². The normalized spacial score (nSPS) is 24.7. The minimum atomic E-state index is -0.344. The van der Waals surface area contributed by atoms with E-state index in [1.807, 2.05) is 6.92 Å². The second-order valence-electron chi connectivity index (χ2n) is 6.48. The first-order chi connectivity index (χ1) is 11.6. The van der Waals surface area contributed by atoms with Crippen molar-refractivity contribution in [1.82, 2.24) is 15.1 Å². The van der Waals surface area contributed by atoms with E-state index in [9.17, 15) is 9.59 Å². The standard InChI is InChI=1S/C18H25N3O2S/c1-3-5-15-18(23)21-9-8-20(12-16(21)17(22)19-15)11-13-6-4-7-14(10-13)24-2/h4,6-7,10,15-16H,3,5,8-9,11-12H2,1-2H3,(H,19,22)/t15-,16+/m0/s1. The van der Waals surface area contributed by atoms with E-state index in [2.05, 4.69) is 40.7 Å². The maximum absolute atomic E-state index is 12.5. The molecule has 2 amide bonds. The first-order valence-corrected chi connectivity index (χ1v) is 9.81. The number of benzene rings is 1. The third kappa shape index (κ3) is 3.59. The fraction of sp³-hybridized carbons (Fsp3) is 0.556. The molecule has 0 bridgehead atoms. The summed E-state index contributed by atoms with van der Waals surface area (Å²) in [5.74, 6) is 0.0843. The van der Waals surface area contributed by atoms with E-state index in [0.717, 1.165) is 25.9 Å². The van der Waals surface area contributed by atoms with Gasteiger partial charge in [0.25, 0.3) is 0 Å². The summed E-state index contributed by atoms with van der Waals surface area (Å²) in [5, 5.41) is 2.91. The molecule has 0 unspecified atom stereocenters. The van der Waals surface area contributed by atoms with Crippen LogP contribution in [0.1, 0.15) is 25.3 Å². The third-order valence-corrected chi connectivity index (χ3v) is 5.51. The number of carbonyl (C=O) groups excluding carboxylic acids is 2. The topological polar surface area (TPSA) is 52.7 Å². The van der Waals surface area contributed by atoms with Gasteiger partial charge in [-0.2, -0.15) is 0 Å². The maximum Gasteiger partial charge on any atom is 0.245 e. The Hall–Kier alpha value is -1.53. The van der Waals surface area contributed by atoms with Gasteiger partial charge in [0.1, 0.15) is 12.1 Å². The summed E-state index contributed by atoms with van der Waals surface area (Å²) in [6, 6.07) is 7.82. The van der Waals surface area contributed by atoms with Gasteiger partial charge in [0.2, 0.25) is 11.8 Å². The van der Waals surface area contributed by atoms with Crippen molar-refractivity contribution in [3.63, 3.8) is 0 Å². The monoisotopic (exact) mass is 347 g/mol. The smallest absolute Gasteiger partial charge is 0.245 e. The minimum Gasteiger partial charge on any atom is -0.342 e. The highest BCUT2D eigenvalue weighted by Crippen LogP contribution is 2.21. The zero-order valence-electron chi connectivity index (χ0n) is 14.3. The highest BCUT2D eigenvalue weighted by molar-refractivity contribution is 7.98. The van der Waals surface area contributed by atoms with Crippen molar-refractivity contribution in [3.05, 3.63) is 29.8 Å². The molecule has 0 spiro atoms. The van der Waals surface area contributed by atoms with Crippen molar-refractivity contribution < 1.29 is 9.59 Å². The molecule has 2 heterocycles. The Balaban J connectivity index is 1.66. The van der Waals surface area contributed by atoms with E-state index in [1.54, 1.807) is 16.7 Å². The number of piperazine rings is 2. The molecule has 0 aliphatic carbocycles. The Bertz CT molecular complexity index is 622. The molecule has 1 aromatic carbocycles. The molecule has 2 fully saturated rings. The number of hydrogen-bond acceptors (Lipinski definition) is 4. The molecule has 5 nitrogen and oxygen atoms in total. The zero-order chi connectivity index (χ0) is 17.1. The van der Waals surface area contributed by atoms with E-state index in [1.165, 1.54) is 10.5 Å². The van der Waals surface area contributed by atoms with Crippen LogP contribution >= 0.6 is 11.8 Å².